The number of ether oxygens (including phenoxy) is 1. The summed E-state index contributed by atoms with van der Waals surface area (Å²) in [5, 5.41) is 6.91. The molecule has 0 aliphatic carbocycles. The van der Waals surface area contributed by atoms with Gasteiger partial charge in [-0.2, -0.15) is 0 Å². The summed E-state index contributed by atoms with van der Waals surface area (Å²) >= 11 is 0. The highest BCUT2D eigenvalue weighted by molar-refractivity contribution is 5.94. The molecule has 0 fully saturated rings. The Kier molecular flexibility index (Phi) is 6.12. The van der Waals surface area contributed by atoms with Crippen molar-refractivity contribution in [1.82, 2.24) is 20.0 Å². The number of amides is 1. The predicted molar refractivity (Wildman–Crippen MR) is 116 cm³/mol. The molecule has 2 aromatic heterocycles. The van der Waals surface area contributed by atoms with Crippen LogP contribution in [-0.4, -0.2) is 20.6 Å². The van der Waals surface area contributed by atoms with Gasteiger partial charge in [0.05, 0.1) is 17.6 Å². The molecule has 0 atom stereocenters. The number of aromatic nitrogens is 3. The lowest BCUT2D eigenvalue weighted by Crippen LogP contribution is -2.22. The van der Waals surface area contributed by atoms with Gasteiger partial charge in [0.1, 0.15) is 18.1 Å². The van der Waals surface area contributed by atoms with Crippen LogP contribution < -0.4 is 10.1 Å². The number of benzene rings is 2. The average molecular weight is 416 g/mol. The molecule has 2 aromatic carbocycles. The number of hydrogen-bond donors (Lipinski definition) is 1. The molecule has 1 N–H and O–H groups in total. The molecule has 0 radical (unpaired) electrons. The molecule has 0 bridgehead atoms. The maximum Gasteiger partial charge on any atom is 0.251 e. The van der Waals surface area contributed by atoms with E-state index >= 15 is 0 Å². The molecule has 158 valence electrons. The third kappa shape index (κ3) is 5.19. The number of nitrogens with one attached hydrogen (secondary N) is 1. The van der Waals surface area contributed by atoms with Gasteiger partial charge in [-0.15, -0.1) is 0 Å². The lowest BCUT2D eigenvalue weighted by Gasteiger charge is -2.10. The van der Waals surface area contributed by atoms with E-state index in [-0.39, 0.29) is 5.91 Å². The van der Waals surface area contributed by atoms with E-state index in [4.69, 9.17) is 9.26 Å². The van der Waals surface area contributed by atoms with E-state index in [0.717, 1.165) is 34.7 Å². The van der Waals surface area contributed by atoms with Gasteiger partial charge in [-0.1, -0.05) is 35.5 Å². The number of rotatable bonds is 8. The molecule has 0 aliphatic heterocycles. The molecule has 0 saturated heterocycles. The first-order valence-electron chi connectivity index (χ1n) is 10.0. The van der Waals surface area contributed by atoms with Gasteiger partial charge in [0, 0.05) is 31.0 Å². The van der Waals surface area contributed by atoms with Crippen molar-refractivity contribution in [2.24, 2.45) is 0 Å². The molecule has 0 saturated carbocycles. The number of hydrogen-bond acceptors (Lipinski definition) is 5. The number of carbonyl (C=O) groups excluding carboxylic acids is 1. The van der Waals surface area contributed by atoms with Crippen LogP contribution in [0.2, 0.25) is 0 Å². The normalized spacial score (nSPS) is 10.8. The van der Waals surface area contributed by atoms with E-state index in [9.17, 15) is 4.79 Å². The maximum absolute atomic E-state index is 12.6. The fourth-order valence-corrected chi connectivity index (χ4v) is 3.30. The quantitative estimate of drug-likeness (QED) is 0.469. The van der Waals surface area contributed by atoms with Gasteiger partial charge in [-0.05, 0) is 43.2 Å². The third-order valence-electron chi connectivity index (χ3n) is 5.03. The molecule has 0 unspecified atom stereocenters. The Hall–Kier alpha value is -3.87. The van der Waals surface area contributed by atoms with Crippen LogP contribution >= 0.6 is 0 Å². The highest BCUT2D eigenvalue weighted by Gasteiger charge is 2.11. The summed E-state index contributed by atoms with van der Waals surface area (Å²) in [6.45, 7) is 5.26. The van der Waals surface area contributed by atoms with E-state index in [1.54, 1.807) is 24.7 Å². The Balaban J connectivity index is 1.35. The summed E-state index contributed by atoms with van der Waals surface area (Å²) in [6, 6.07) is 15.3. The Morgan fingerprint density at radius 2 is 1.97 bits per heavy atom. The summed E-state index contributed by atoms with van der Waals surface area (Å²) in [4.78, 5) is 16.7. The minimum absolute atomic E-state index is 0.150. The zero-order valence-corrected chi connectivity index (χ0v) is 17.5. The van der Waals surface area contributed by atoms with Crippen molar-refractivity contribution < 1.29 is 14.1 Å². The first-order chi connectivity index (χ1) is 15.1. The number of carbonyl (C=O) groups is 1. The van der Waals surface area contributed by atoms with E-state index < -0.39 is 0 Å². The van der Waals surface area contributed by atoms with Crippen LogP contribution in [0.25, 0.3) is 0 Å². The van der Waals surface area contributed by atoms with Crippen molar-refractivity contribution in [3.8, 4) is 5.75 Å². The van der Waals surface area contributed by atoms with Crippen LogP contribution in [0.15, 0.2) is 71.8 Å². The summed E-state index contributed by atoms with van der Waals surface area (Å²) in [6.07, 6.45) is 5.47. The van der Waals surface area contributed by atoms with Gasteiger partial charge >= 0.3 is 0 Å². The fourth-order valence-electron chi connectivity index (χ4n) is 3.30. The van der Waals surface area contributed by atoms with Crippen LogP contribution in [0.1, 0.15) is 38.5 Å². The number of nitrogens with zero attached hydrogens (tertiary/aromatic N) is 3. The highest BCUT2D eigenvalue weighted by Crippen LogP contribution is 2.18. The third-order valence-corrected chi connectivity index (χ3v) is 5.03. The number of imidazole rings is 1. The minimum Gasteiger partial charge on any atom is -0.489 e. The molecule has 31 heavy (non-hydrogen) atoms. The molecule has 7 heteroatoms. The fraction of sp³-hybridized carbons (Fsp3) is 0.208. The smallest absolute Gasteiger partial charge is 0.251 e. The lowest BCUT2D eigenvalue weighted by molar-refractivity contribution is 0.0950. The summed E-state index contributed by atoms with van der Waals surface area (Å²) in [7, 11) is 0. The average Bonchev–Trinajstić information content (AvgIpc) is 3.40. The molecule has 0 aliphatic rings. The summed E-state index contributed by atoms with van der Waals surface area (Å²) < 4.78 is 13.0. The molecule has 7 nitrogen and oxygen atoms in total. The van der Waals surface area contributed by atoms with Gasteiger partial charge in [-0.25, -0.2) is 4.98 Å². The van der Waals surface area contributed by atoms with E-state index in [0.29, 0.717) is 24.5 Å². The van der Waals surface area contributed by atoms with Gasteiger partial charge in [0.25, 0.3) is 5.91 Å². The van der Waals surface area contributed by atoms with Crippen molar-refractivity contribution >= 4 is 5.91 Å². The van der Waals surface area contributed by atoms with Crippen LogP contribution in [0, 0.1) is 13.8 Å². The molecule has 2 heterocycles. The molecular weight excluding hydrogens is 392 g/mol. The largest absolute Gasteiger partial charge is 0.489 e. The molecule has 1 amide bonds. The van der Waals surface area contributed by atoms with Crippen LogP contribution in [-0.2, 0) is 19.7 Å². The molecule has 4 aromatic rings. The molecular formula is C24H24N4O3. The van der Waals surface area contributed by atoms with Crippen molar-refractivity contribution in [3.63, 3.8) is 0 Å². The Morgan fingerprint density at radius 1 is 1.13 bits per heavy atom. The first kappa shape index (κ1) is 20.4. The van der Waals surface area contributed by atoms with E-state index in [1.807, 2.05) is 48.9 Å². The zero-order valence-electron chi connectivity index (χ0n) is 17.5. The molecule has 4 rings (SSSR count). The van der Waals surface area contributed by atoms with Crippen LogP contribution in [0.5, 0.6) is 5.75 Å². The topological polar surface area (TPSA) is 82.2 Å². The van der Waals surface area contributed by atoms with Gasteiger partial charge < -0.3 is 19.1 Å². The second kappa shape index (κ2) is 9.30. The predicted octanol–water partition coefficient (Wildman–Crippen LogP) is 4.05. The Bertz CT molecular complexity index is 1150. The lowest BCUT2D eigenvalue weighted by atomic mass is 10.1. The van der Waals surface area contributed by atoms with E-state index in [2.05, 4.69) is 27.6 Å². The Morgan fingerprint density at radius 3 is 2.74 bits per heavy atom. The summed E-state index contributed by atoms with van der Waals surface area (Å²) in [5.41, 5.74) is 4.47. The molecule has 0 spiro atoms. The SMILES string of the molecule is Cc1noc(C)c1COc1cccc(C(=O)NCc2cccc(Cn3ccnc3)c2)c1. The zero-order chi connectivity index (χ0) is 21.6. The second-order valence-electron chi connectivity index (χ2n) is 7.36. The van der Waals surface area contributed by atoms with Crippen LogP contribution in [0.3, 0.4) is 0 Å². The second-order valence-corrected chi connectivity index (χ2v) is 7.36. The van der Waals surface area contributed by atoms with Gasteiger partial charge in [0.2, 0.25) is 0 Å². The number of aryl methyl sites for hydroxylation is 2. The van der Waals surface area contributed by atoms with Crippen molar-refractivity contribution in [3.05, 3.63) is 101 Å². The standard InChI is InChI=1S/C24H24N4O3/c1-17-23(18(2)31-27-17)15-30-22-8-4-7-21(12-22)24(29)26-13-19-5-3-6-20(11-19)14-28-10-9-25-16-28/h3-12,16H,13-15H2,1-2H3,(H,26,29). The van der Waals surface area contributed by atoms with Gasteiger partial charge in [0.15, 0.2) is 0 Å². The Labute approximate surface area is 180 Å². The monoisotopic (exact) mass is 416 g/mol. The minimum atomic E-state index is -0.150. The van der Waals surface area contributed by atoms with Crippen molar-refractivity contribution in [2.75, 3.05) is 0 Å². The van der Waals surface area contributed by atoms with E-state index in [1.165, 1.54) is 0 Å². The van der Waals surface area contributed by atoms with Crippen LogP contribution in [0.4, 0.5) is 0 Å². The maximum atomic E-state index is 12.6. The van der Waals surface area contributed by atoms with Crippen molar-refractivity contribution in [2.45, 2.75) is 33.5 Å². The first-order valence-corrected chi connectivity index (χ1v) is 10.0. The van der Waals surface area contributed by atoms with Crippen molar-refractivity contribution in [1.29, 1.82) is 0 Å². The van der Waals surface area contributed by atoms with Gasteiger partial charge in [-0.3, -0.25) is 4.79 Å². The summed E-state index contributed by atoms with van der Waals surface area (Å²) in [5.74, 6) is 1.21. The highest BCUT2D eigenvalue weighted by atomic mass is 16.5.